The molecule has 0 aliphatic carbocycles. The van der Waals surface area contributed by atoms with Gasteiger partial charge in [-0.1, -0.05) is 66.7 Å². The smallest absolute Gasteiger partial charge is 0.338 e. The van der Waals surface area contributed by atoms with Gasteiger partial charge < -0.3 is 9.47 Å². The Bertz CT molecular complexity index is 1060. The Kier molecular flexibility index (Phi) is 6.02. The first-order valence-electron chi connectivity index (χ1n) is 8.77. The summed E-state index contributed by atoms with van der Waals surface area (Å²) in [5, 5.41) is 1.87. The Labute approximate surface area is 163 Å². The first kappa shape index (κ1) is 19.1. The molecule has 0 bridgehead atoms. The first-order valence-corrected chi connectivity index (χ1v) is 8.77. The van der Waals surface area contributed by atoms with Gasteiger partial charge in [0.1, 0.15) is 0 Å². The molecule has 28 heavy (non-hydrogen) atoms. The zero-order valence-electron chi connectivity index (χ0n) is 15.7. The third kappa shape index (κ3) is 4.18. The summed E-state index contributed by atoms with van der Waals surface area (Å²) in [5.74, 6) is -0.918. The number of fused-ring (bicyclic) bond motifs is 1. The molecule has 0 atom stereocenters. The summed E-state index contributed by atoms with van der Waals surface area (Å²) in [4.78, 5) is 24.3. The van der Waals surface area contributed by atoms with E-state index in [0.717, 1.165) is 21.9 Å². The Morgan fingerprint density at radius 2 is 1.54 bits per heavy atom. The molecule has 0 aliphatic rings. The molecule has 0 unspecified atom stereocenters. The summed E-state index contributed by atoms with van der Waals surface area (Å²) < 4.78 is 9.76. The minimum absolute atomic E-state index is 0.412. The number of carbonyl (C=O) groups is 2. The van der Waals surface area contributed by atoms with E-state index in [-0.39, 0.29) is 0 Å². The molecule has 0 spiro atoms. The maximum Gasteiger partial charge on any atom is 0.338 e. The van der Waals surface area contributed by atoms with Gasteiger partial charge in [0.15, 0.2) is 0 Å². The number of carbonyl (C=O) groups excluding carboxylic acids is 2. The minimum Gasteiger partial charge on any atom is -0.466 e. The summed E-state index contributed by atoms with van der Waals surface area (Å²) in [5.41, 5.74) is 2.71. The molecule has 4 heteroatoms. The Balaban J connectivity index is 2.29. The van der Waals surface area contributed by atoms with Crippen molar-refractivity contribution in [2.24, 2.45) is 0 Å². The number of hydrogen-bond donors (Lipinski definition) is 0. The topological polar surface area (TPSA) is 52.6 Å². The molecule has 0 heterocycles. The predicted molar refractivity (Wildman–Crippen MR) is 111 cm³/mol. The van der Waals surface area contributed by atoms with Gasteiger partial charge >= 0.3 is 11.9 Å². The van der Waals surface area contributed by atoms with Crippen LogP contribution in [-0.4, -0.2) is 26.2 Å². The third-order valence-corrected chi connectivity index (χ3v) is 4.35. The van der Waals surface area contributed by atoms with Crippen molar-refractivity contribution >= 4 is 40.4 Å². The lowest BCUT2D eigenvalue weighted by Crippen LogP contribution is -2.06. The fraction of sp³-hybridized carbons (Fsp3) is 0.0833. The van der Waals surface area contributed by atoms with Crippen LogP contribution in [0.4, 0.5) is 0 Å². The number of ether oxygens (including phenoxy) is 2. The molecule has 0 saturated heterocycles. The van der Waals surface area contributed by atoms with Gasteiger partial charge in [0, 0.05) is 11.6 Å². The lowest BCUT2D eigenvalue weighted by molar-refractivity contribution is -0.135. The molecule has 3 aromatic rings. The van der Waals surface area contributed by atoms with Crippen molar-refractivity contribution in [1.82, 2.24) is 0 Å². The summed E-state index contributed by atoms with van der Waals surface area (Å²) in [6, 6.07) is 21.2. The fourth-order valence-electron chi connectivity index (χ4n) is 3.01. The number of benzene rings is 3. The number of esters is 2. The highest BCUT2D eigenvalue weighted by molar-refractivity contribution is 6.25. The number of rotatable bonds is 5. The Morgan fingerprint density at radius 1 is 0.821 bits per heavy atom. The van der Waals surface area contributed by atoms with Crippen molar-refractivity contribution in [3.63, 3.8) is 0 Å². The van der Waals surface area contributed by atoms with Crippen LogP contribution in [0, 0.1) is 0 Å². The van der Waals surface area contributed by atoms with E-state index < -0.39 is 11.9 Å². The highest BCUT2D eigenvalue weighted by Crippen LogP contribution is 2.32. The van der Waals surface area contributed by atoms with Crippen LogP contribution in [0.1, 0.15) is 16.7 Å². The van der Waals surface area contributed by atoms with Crippen molar-refractivity contribution in [3.05, 3.63) is 89.5 Å². The van der Waals surface area contributed by atoms with E-state index in [9.17, 15) is 9.59 Å². The Morgan fingerprint density at radius 3 is 2.25 bits per heavy atom. The second-order valence-corrected chi connectivity index (χ2v) is 6.07. The quantitative estimate of drug-likeness (QED) is 0.369. The van der Waals surface area contributed by atoms with Crippen molar-refractivity contribution in [2.75, 3.05) is 14.2 Å². The molecular weight excluding hydrogens is 352 g/mol. The molecule has 0 aromatic heterocycles. The Hall–Kier alpha value is -3.66. The number of hydrogen-bond acceptors (Lipinski definition) is 4. The molecule has 0 fully saturated rings. The van der Waals surface area contributed by atoms with Crippen molar-refractivity contribution < 1.29 is 19.1 Å². The highest BCUT2D eigenvalue weighted by atomic mass is 16.5. The van der Waals surface area contributed by atoms with E-state index in [2.05, 4.69) is 0 Å². The van der Waals surface area contributed by atoms with Gasteiger partial charge in [-0.25, -0.2) is 9.59 Å². The molecule has 3 rings (SSSR count). The van der Waals surface area contributed by atoms with Crippen LogP contribution >= 0.6 is 0 Å². The lowest BCUT2D eigenvalue weighted by atomic mass is 9.91. The minimum atomic E-state index is -0.467. The van der Waals surface area contributed by atoms with Gasteiger partial charge in [0.05, 0.1) is 19.8 Å². The van der Waals surface area contributed by atoms with Crippen LogP contribution in [-0.2, 0) is 19.1 Å². The van der Waals surface area contributed by atoms with Crippen LogP contribution in [0.3, 0.4) is 0 Å². The van der Waals surface area contributed by atoms with Crippen LogP contribution in [0.2, 0.25) is 0 Å². The van der Waals surface area contributed by atoms with Crippen molar-refractivity contribution in [2.45, 2.75) is 0 Å². The first-order chi connectivity index (χ1) is 13.6. The maximum atomic E-state index is 12.7. The molecule has 4 nitrogen and oxygen atoms in total. The average Bonchev–Trinajstić information content (AvgIpc) is 2.75. The molecule has 0 amide bonds. The van der Waals surface area contributed by atoms with Gasteiger partial charge in [-0.2, -0.15) is 0 Å². The van der Waals surface area contributed by atoms with E-state index >= 15 is 0 Å². The summed E-state index contributed by atoms with van der Waals surface area (Å²) in [7, 11) is 2.68. The van der Waals surface area contributed by atoms with Gasteiger partial charge in [-0.05, 0) is 34.1 Å². The molecule has 0 aliphatic heterocycles. The van der Waals surface area contributed by atoms with Crippen molar-refractivity contribution in [1.29, 1.82) is 0 Å². The molecule has 3 aromatic carbocycles. The monoisotopic (exact) mass is 372 g/mol. The van der Waals surface area contributed by atoms with Crippen LogP contribution in [0.25, 0.3) is 28.5 Å². The standard InChI is InChI=1S/C24H20O4/c1-27-22(25)15-14-19-13-12-18-10-6-7-11-20(18)23(19)21(24(26)28-2)16-17-8-4-3-5-9-17/h3-16H,1-2H3/b15-14+,21-16+. The molecular formula is C24H20O4. The van der Waals surface area contributed by atoms with E-state index in [0.29, 0.717) is 11.1 Å². The van der Waals surface area contributed by atoms with E-state index in [1.54, 1.807) is 12.2 Å². The zero-order valence-corrected chi connectivity index (χ0v) is 15.7. The molecule has 140 valence electrons. The largest absolute Gasteiger partial charge is 0.466 e. The average molecular weight is 372 g/mol. The summed E-state index contributed by atoms with van der Waals surface area (Å²) >= 11 is 0. The van der Waals surface area contributed by atoms with E-state index in [1.807, 2.05) is 66.7 Å². The second-order valence-electron chi connectivity index (χ2n) is 6.07. The maximum absolute atomic E-state index is 12.7. The van der Waals surface area contributed by atoms with Crippen LogP contribution in [0.5, 0.6) is 0 Å². The van der Waals surface area contributed by atoms with Gasteiger partial charge in [0.2, 0.25) is 0 Å². The summed E-state index contributed by atoms with van der Waals surface area (Å²) in [6.07, 6.45) is 4.78. The van der Waals surface area contributed by atoms with Crippen LogP contribution in [0.15, 0.2) is 72.8 Å². The molecule has 0 N–H and O–H groups in total. The zero-order chi connectivity index (χ0) is 19.9. The summed E-state index contributed by atoms with van der Waals surface area (Å²) in [6.45, 7) is 0. The van der Waals surface area contributed by atoms with Crippen LogP contribution < -0.4 is 0 Å². The van der Waals surface area contributed by atoms with Gasteiger partial charge in [-0.3, -0.25) is 0 Å². The third-order valence-electron chi connectivity index (χ3n) is 4.35. The molecule has 0 radical (unpaired) electrons. The number of methoxy groups -OCH3 is 2. The SMILES string of the molecule is COC(=O)/C=C/c1ccc2ccccc2c1/C(=C\c1ccccc1)C(=O)OC. The van der Waals surface area contributed by atoms with Gasteiger partial charge in [0.25, 0.3) is 0 Å². The lowest BCUT2D eigenvalue weighted by Gasteiger charge is -2.13. The second kappa shape index (κ2) is 8.82. The van der Waals surface area contributed by atoms with Crippen molar-refractivity contribution in [3.8, 4) is 0 Å². The fourth-order valence-corrected chi connectivity index (χ4v) is 3.01. The van der Waals surface area contributed by atoms with E-state index in [4.69, 9.17) is 9.47 Å². The van der Waals surface area contributed by atoms with Gasteiger partial charge in [-0.15, -0.1) is 0 Å². The normalized spacial score (nSPS) is 11.6. The predicted octanol–water partition coefficient (Wildman–Crippen LogP) is 4.74. The molecule has 0 saturated carbocycles. The highest BCUT2D eigenvalue weighted by Gasteiger charge is 2.18. The van der Waals surface area contributed by atoms with E-state index in [1.165, 1.54) is 20.3 Å².